The first-order valence-electron chi connectivity index (χ1n) is 8.35. The first kappa shape index (κ1) is 18.9. The van der Waals surface area contributed by atoms with E-state index in [2.05, 4.69) is 10.3 Å². The Morgan fingerprint density at radius 2 is 1.88 bits per heavy atom. The van der Waals surface area contributed by atoms with E-state index in [0.717, 1.165) is 53.0 Å². The van der Waals surface area contributed by atoms with Crippen molar-refractivity contribution in [1.29, 1.82) is 0 Å². The van der Waals surface area contributed by atoms with E-state index in [-0.39, 0.29) is 5.75 Å². The second-order valence-electron chi connectivity index (χ2n) is 5.76. The van der Waals surface area contributed by atoms with Gasteiger partial charge in [0.1, 0.15) is 0 Å². The van der Waals surface area contributed by atoms with E-state index in [0.29, 0.717) is 5.02 Å². The van der Waals surface area contributed by atoms with Gasteiger partial charge in [0.15, 0.2) is 0 Å². The number of quaternary nitrogens is 1. The van der Waals surface area contributed by atoms with E-state index in [4.69, 9.17) is 16.3 Å². The van der Waals surface area contributed by atoms with Crippen LogP contribution in [0.4, 0.5) is 0 Å². The fourth-order valence-electron chi connectivity index (χ4n) is 2.69. The van der Waals surface area contributed by atoms with E-state index in [9.17, 15) is 9.90 Å². The summed E-state index contributed by atoms with van der Waals surface area (Å²) in [6.07, 6.45) is 0. The number of rotatable bonds is 3. The summed E-state index contributed by atoms with van der Waals surface area (Å²) in [6.45, 7) is 4.19. The maximum Gasteiger partial charge on any atom is 0.0993 e. The molecule has 0 bridgehead atoms. The van der Waals surface area contributed by atoms with Crippen LogP contribution in [-0.4, -0.2) is 43.0 Å². The molecule has 1 saturated heterocycles. The standard InChI is InChI=1S/C15H10ClNO2S.C4H9NO/c16-9-5-6-13-11(7-9)15(20-8-14(18)19)10-3-1-2-4-12(10)17-13;1-3-6-4-2-5-1/h1-7H,8H2,(H,18,19);5H,1-4H2. The third-order valence-corrected chi connectivity index (χ3v) is 5.20. The molecule has 26 heavy (non-hydrogen) atoms. The Bertz CT molecular complexity index is 904. The van der Waals surface area contributed by atoms with Gasteiger partial charge < -0.3 is 20.0 Å². The van der Waals surface area contributed by atoms with Gasteiger partial charge in [0, 0.05) is 26.4 Å². The maximum absolute atomic E-state index is 10.7. The van der Waals surface area contributed by atoms with Crippen molar-refractivity contribution >= 4 is 51.1 Å². The zero-order chi connectivity index (χ0) is 18.4. The van der Waals surface area contributed by atoms with Crippen LogP contribution in [0.5, 0.6) is 0 Å². The molecule has 5 nitrogen and oxygen atoms in total. The number of carbonyl (C=O) groups excluding carboxylic acids is 1. The van der Waals surface area contributed by atoms with E-state index in [1.807, 2.05) is 36.4 Å². The summed E-state index contributed by atoms with van der Waals surface area (Å²) in [4.78, 5) is 16.2. The van der Waals surface area contributed by atoms with Crippen molar-refractivity contribution in [2.75, 3.05) is 32.1 Å². The second-order valence-corrected chi connectivity index (χ2v) is 7.18. The van der Waals surface area contributed by atoms with Crippen LogP contribution in [0, 0.1) is 0 Å². The number of para-hydroxylation sites is 1. The van der Waals surface area contributed by atoms with Crippen molar-refractivity contribution in [3.63, 3.8) is 0 Å². The predicted molar refractivity (Wildman–Crippen MR) is 102 cm³/mol. The van der Waals surface area contributed by atoms with Gasteiger partial charge in [-0.25, -0.2) is 4.98 Å². The molecule has 0 saturated carbocycles. The second kappa shape index (κ2) is 9.19. The number of nitrogens with two attached hydrogens (primary N) is 1. The average Bonchev–Trinajstić information content (AvgIpc) is 2.67. The summed E-state index contributed by atoms with van der Waals surface area (Å²) in [5.74, 6) is -1.19. The third kappa shape index (κ3) is 4.86. The Morgan fingerprint density at radius 3 is 2.54 bits per heavy atom. The quantitative estimate of drug-likeness (QED) is 0.541. The summed E-state index contributed by atoms with van der Waals surface area (Å²) in [5.41, 5.74) is 1.64. The Morgan fingerprint density at radius 1 is 1.15 bits per heavy atom. The Hall–Kier alpha value is -1.86. The number of carboxylic acid groups (broad SMARTS) is 1. The first-order valence-corrected chi connectivity index (χ1v) is 9.71. The van der Waals surface area contributed by atoms with Crippen LogP contribution in [0.15, 0.2) is 47.4 Å². The molecule has 0 aliphatic carbocycles. The lowest BCUT2D eigenvalue weighted by atomic mass is 10.1. The number of carbonyl (C=O) groups is 1. The topological polar surface area (TPSA) is 78.9 Å². The van der Waals surface area contributed by atoms with Crippen LogP contribution in [0.25, 0.3) is 21.8 Å². The molecule has 0 unspecified atom stereocenters. The smallest absolute Gasteiger partial charge is 0.0993 e. The Kier molecular flexibility index (Phi) is 6.68. The number of carboxylic acids is 1. The molecular weight excluding hydrogens is 372 g/mol. The zero-order valence-corrected chi connectivity index (χ0v) is 15.7. The van der Waals surface area contributed by atoms with Crippen LogP contribution in [-0.2, 0) is 9.53 Å². The monoisotopic (exact) mass is 390 g/mol. The van der Waals surface area contributed by atoms with Gasteiger partial charge in [-0.3, -0.25) is 0 Å². The molecule has 7 heteroatoms. The highest BCUT2D eigenvalue weighted by atomic mass is 35.5. The number of aliphatic carboxylic acids is 1. The largest absolute Gasteiger partial charge is 0.549 e. The van der Waals surface area contributed by atoms with Gasteiger partial charge in [-0.1, -0.05) is 29.8 Å². The molecule has 2 N–H and O–H groups in total. The van der Waals surface area contributed by atoms with Gasteiger partial charge in [-0.2, -0.15) is 0 Å². The summed E-state index contributed by atoms with van der Waals surface area (Å²) in [5, 5.41) is 15.4. The summed E-state index contributed by atoms with van der Waals surface area (Å²) < 4.78 is 5.04. The molecule has 1 aromatic heterocycles. The summed E-state index contributed by atoms with van der Waals surface area (Å²) >= 11 is 7.27. The van der Waals surface area contributed by atoms with E-state index in [1.54, 1.807) is 6.07 Å². The Balaban J connectivity index is 0.000000278. The maximum atomic E-state index is 10.7. The normalized spacial score (nSPS) is 14.0. The molecule has 2 aromatic carbocycles. The third-order valence-electron chi connectivity index (χ3n) is 3.86. The number of hydrogen-bond acceptors (Lipinski definition) is 5. The molecular formula is C19H19ClN2O3S. The Labute approximate surface area is 160 Å². The molecule has 0 spiro atoms. The highest BCUT2D eigenvalue weighted by Crippen LogP contribution is 2.35. The van der Waals surface area contributed by atoms with E-state index < -0.39 is 5.97 Å². The van der Waals surface area contributed by atoms with E-state index in [1.165, 1.54) is 11.8 Å². The van der Waals surface area contributed by atoms with Crippen molar-refractivity contribution in [1.82, 2.24) is 4.98 Å². The fourth-order valence-corrected chi connectivity index (χ4v) is 3.77. The minimum absolute atomic E-state index is 0.102. The number of fused-ring (bicyclic) bond motifs is 2. The molecule has 0 amide bonds. The average molecular weight is 391 g/mol. The number of thioether (sulfide) groups is 1. The number of morpholine rings is 1. The number of nitrogens with zero attached hydrogens (tertiary/aromatic N) is 1. The number of benzene rings is 2. The lowest BCUT2D eigenvalue weighted by Gasteiger charge is -2.11. The van der Waals surface area contributed by atoms with Crippen molar-refractivity contribution in [3.8, 4) is 0 Å². The first-order chi connectivity index (χ1) is 12.6. The molecule has 2 heterocycles. The molecule has 1 fully saturated rings. The number of aromatic nitrogens is 1. The highest BCUT2D eigenvalue weighted by molar-refractivity contribution is 8.00. The highest BCUT2D eigenvalue weighted by Gasteiger charge is 2.10. The summed E-state index contributed by atoms with van der Waals surface area (Å²) in [6, 6.07) is 13.1. The minimum atomic E-state index is -1.09. The van der Waals surface area contributed by atoms with Crippen molar-refractivity contribution in [2.45, 2.75) is 4.90 Å². The van der Waals surface area contributed by atoms with Gasteiger partial charge in [-0.15, -0.1) is 11.8 Å². The number of pyridine rings is 1. The van der Waals surface area contributed by atoms with Crippen LogP contribution < -0.4 is 10.4 Å². The van der Waals surface area contributed by atoms with Gasteiger partial charge >= 0.3 is 0 Å². The number of hydrogen-bond donors (Lipinski definition) is 1. The van der Waals surface area contributed by atoms with Crippen LogP contribution in [0.3, 0.4) is 0 Å². The lowest BCUT2D eigenvalue weighted by Crippen LogP contribution is -2.87. The molecule has 0 radical (unpaired) electrons. The summed E-state index contributed by atoms with van der Waals surface area (Å²) in [7, 11) is 0. The molecule has 1 aliphatic rings. The fraction of sp³-hybridized carbons (Fsp3) is 0.263. The number of halogens is 1. The molecule has 1 aliphatic heterocycles. The van der Waals surface area contributed by atoms with Gasteiger partial charge in [0.25, 0.3) is 0 Å². The molecule has 4 rings (SSSR count). The lowest BCUT2D eigenvalue weighted by molar-refractivity contribution is -0.670. The van der Waals surface area contributed by atoms with Gasteiger partial charge in [0.05, 0.1) is 43.3 Å². The number of ether oxygens (including phenoxy) is 1. The zero-order valence-electron chi connectivity index (χ0n) is 14.1. The van der Waals surface area contributed by atoms with Crippen LogP contribution in [0.1, 0.15) is 0 Å². The van der Waals surface area contributed by atoms with Crippen molar-refractivity contribution in [3.05, 3.63) is 47.5 Å². The van der Waals surface area contributed by atoms with Crippen LogP contribution >= 0.6 is 23.4 Å². The van der Waals surface area contributed by atoms with Gasteiger partial charge in [-0.05, 0) is 24.3 Å². The molecule has 136 valence electrons. The van der Waals surface area contributed by atoms with Crippen molar-refractivity contribution < 1.29 is 20.0 Å². The van der Waals surface area contributed by atoms with Crippen LogP contribution in [0.2, 0.25) is 5.02 Å². The SMILES string of the molecule is C1COCC[NH2+]1.O=C([O-])CSc1c2ccccc2nc2ccc(Cl)cc12. The molecule has 0 atom stereocenters. The minimum Gasteiger partial charge on any atom is -0.549 e. The van der Waals surface area contributed by atoms with E-state index >= 15 is 0 Å². The molecule has 3 aromatic rings. The predicted octanol–water partition coefficient (Wildman–Crippen LogP) is 1.46. The van der Waals surface area contributed by atoms with Crippen molar-refractivity contribution in [2.24, 2.45) is 0 Å². The van der Waals surface area contributed by atoms with Gasteiger partial charge in [0.2, 0.25) is 0 Å².